The molecule has 0 fully saturated rings. The Kier molecular flexibility index (Phi) is 10.7. The van der Waals surface area contributed by atoms with Crippen molar-refractivity contribution >= 4 is 46.1 Å². The van der Waals surface area contributed by atoms with Crippen LogP contribution in [0, 0.1) is 0 Å². The van der Waals surface area contributed by atoms with Gasteiger partial charge in [0, 0.05) is 13.1 Å². The Morgan fingerprint density at radius 1 is 0.705 bits per heavy atom. The zero-order valence-electron chi connectivity index (χ0n) is 25.4. The highest BCUT2D eigenvalue weighted by atomic mass is 16.5. The van der Waals surface area contributed by atoms with Gasteiger partial charge in [0.15, 0.2) is 0 Å². The molecule has 234 valence electrons. The third kappa shape index (κ3) is 8.02. The largest absolute Gasteiger partial charge is 0.453 e. The van der Waals surface area contributed by atoms with Crippen LogP contribution in [-0.2, 0) is 32.2 Å². The lowest BCUT2D eigenvalue weighted by atomic mass is 10.0. The molecule has 2 heterocycles. The minimum absolute atomic E-state index is 0.158. The molecule has 0 saturated heterocycles. The average Bonchev–Trinajstić information content (AvgIpc) is 3.63. The van der Waals surface area contributed by atoms with Crippen molar-refractivity contribution in [1.82, 2.24) is 40.4 Å². The number of aromatic amines is 2. The van der Waals surface area contributed by atoms with Crippen molar-refractivity contribution in [3.8, 4) is 11.1 Å². The first-order valence-corrected chi connectivity index (χ1v) is 14.4. The normalized spacial score (nSPS) is 10.9. The predicted octanol–water partition coefficient (Wildman–Crippen LogP) is 3.30. The van der Waals surface area contributed by atoms with Crippen molar-refractivity contribution in [2.24, 2.45) is 0 Å². The zero-order chi connectivity index (χ0) is 31.6. The number of nitrogens with one attached hydrogen (secondary N) is 4. The second-order valence-corrected chi connectivity index (χ2v) is 10.2. The predicted molar refractivity (Wildman–Crippen MR) is 163 cm³/mol. The molecule has 0 saturated carbocycles. The van der Waals surface area contributed by atoms with Crippen molar-refractivity contribution in [3.63, 3.8) is 0 Å². The van der Waals surface area contributed by atoms with Gasteiger partial charge in [-0.1, -0.05) is 26.0 Å². The van der Waals surface area contributed by atoms with Crippen LogP contribution >= 0.6 is 0 Å². The molecular formula is C30H38N8O6. The number of alkyl carbamates (subject to hydrolysis) is 2. The lowest BCUT2D eigenvalue weighted by molar-refractivity contribution is -0.131. The maximum absolute atomic E-state index is 12.7. The van der Waals surface area contributed by atoms with E-state index in [1.165, 1.54) is 14.2 Å². The molecule has 14 heteroatoms. The van der Waals surface area contributed by atoms with Gasteiger partial charge in [0.25, 0.3) is 0 Å². The summed E-state index contributed by atoms with van der Waals surface area (Å²) in [5, 5.41) is 4.86. The Hall–Kier alpha value is -5.14. The summed E-state index contributed by atoms with van der Waals surface area (Å²) < 4.78 is 9.10. The van der Waals surface area contributed by atoms with Gasteiger partial charge in [0.05, 0.1) is 49.4 Å². The quantitative estimate of drug-likeness (QED) is 0.179. The number of hydrogen-bond acceptors (Lipinski definition) is 8. The van der Waals surface area contributed by atoms with Crippen LogP contribution in [-0.4, -0.2) is 94.1 Å². The number of hydrogen-bond donors (Lipinski definition) is 4. The summed E-state index contributed by atoms with van der Waals surface area (Å²) in [6, 6.07) is 11.8. The standard InChI is InChI=1S/C30H38N8O6/c1-5-11-37(27(39)15-31-29(41)43-3)17-25-33-21-9-7-19(13-23(21)35-25)20-8-10-22-24(14-20)36-26(34-22)18-38(12-6-2)28(40)16-32-30(42)44-4/h7-10,13-14H,5-6,11-12,15-18H2,1-4H3,(H,31,41)(H,32,42)(H,33,35)(H,34,36). The maximum atomic E-state index is 12.7. The molecule has 0 aliphatic heterocycles. The summed E-state index contributed by atoms with van der Waals surface area (Å²) in [4.78, 5) is 67.4. The highest BCUT2D eigenvalue weighted by molar-refractivity contribution is 5.87. The van der Waals surface area contributed by atoms with Crippen molar-refractivity contribution < 1.29 is 28.7 Å². The highest BCUT2D eigenvalue weighted by Gasteiger charge is 2.18. The van der Waals surface area contributed by atoms with Crippen molar-refractivity contribution in [1.29, 1.82) is 0 Å². The van der Waals surface area contributed by atoms with E-state index in [0.717, 1.165) is 46.0 Å². The molecule has 4 N–H and O–H groups in total. The van der Waals surface area contributed by atoms with Gasteiger partial charge in [0.1, 0.15) is 24.7 Å². The van der Waals surface area contributed by atoms with Crippen molar-refractivity contribution in [3.05, 3.63) is 48.0 Å². The molecule has 0 aliphatic carbocycles. The van der Waals surface area contributed by atoms with Crippen LogP contribution in [0.2, 0.25) is 0 Å². The highest BCUT2D eigenvalue weighted by Crippen LogP contribution is 2.27. The summed E-state index contributed by atoms with van der Waals surface area (Å²) in [7, 11) is 2.50. The fourth-order valence-corrected chi connectivity index (χ4v) is 4.78. The molecule has 0 atom stereocenters. The number of carbonyl (C=O) groups is 4. The Morgan fingerprint density at radius 3 is 1.48 bits per heavy atom. The molecule has 0 aliphatic rings. The van der Waals surface area contributed by atoms with Gasteiger partial charge in [-0.05, 0) is 48.2 Å². The van der Waals surface area contributed by atoms with E-state index in [0.29, 0.717) is 24.7 Å². The Morgan fingerprint density at radius 2 is 1.11 bits per heavy atom. The zero-order valence-corrected chi connectivity index (χ0v) is 25.4. The van der Waals surface area contributed by atoms with E-state index in [1.807, 2.05) is 50.2 Å². The number of carbonyl (C=O) groups excluding carboxylic acids is 4. The van der Waals surface area contributed by atoms with E-state index in [1.54, 1.807) is 9.80 Å². The first-order chi connectivity index (χ1) is 21.2. The van der Waals surface area contributed by atoms with Gasteiger partial charge in [-0.25, -0.2) is 19.6 Å². The molecule has 0 bridgehead atoms. The fourth-order valence-electron chi connectivity index (χ4n) is 4.78. The SMILES string of the molecule is CCCN(Cc1nc2ccc(-c3ccc4nc(CN(CCC)C(=O)CNC(=O)OC)[nH]c4c3)cc2[nH]1)C(=O)CNC(=O)OC. The number of nitrogens with zero attached hydrogens (tertiary/aromatic N) is 4. The third-order valence-corrected chi connectivity index (χ3v) is 6.91. The molecule has 14 nitrogen and oxygen atoms in total. The lowest BCUT2D eigenvalue weighted by Gasteiger charge is -2.21. The van der Waals surface area contributed by atoms with E-state index in [9.17, 15) is 19.2 Å². The van der Waals surface area contributed by atoms with Crippen molar-refractivity contribution in [2.75, 3.05) is 40.4 Å². The smallest absolute Gasteiger partial charge is 0.407 e. The summed E-state index contributed by atoms with van der Waals surface area (Å²) in [6.45, 7) is 5.23. The van der Waals surface area contributed by atoms with Gasteiger partial charge in [-0.2, -0.15) is 0 Å². The number of H-pyrrole nitrogens is 2. The summed E-state index contributed by atoms with van der Waals surface area (Å²) in [5.74, 6) is 0.814. The van der Waals surface area contributed by atoms with Crippen molar-refractivity contribution in [2.45, 2.75) is 39.8 Å². The van der Waals surface area contributed by atoms with E-state index in [4.69, 9.17) is 0 Å². The van der Waals surface area contributed by atoms with Gasteiger partial charge >= 0.3 is 12.2 Å². The van der Waals surface area contributed by atoms with E-state index >= 15 is 0 Å². The van der Waals surface area contributed by atoms with Crippen LogP contribution in [0.3, 0.4) is 0 Å². The first kappa shape index (κ1) is 31.8. The summed E-state index contributed by atoms with van der Waals surface area (Å²) >= 11 is 0. The Bertz CT molecular complexity index is 1510. The number of benzene rings is 2. The molecule has 4 aromatic rings. The van der Waals surface area contributed by atoms with E-state index in [-0.39, 0.29) is 38.0 Å². The molecule has 2 aromatic heterocycles. The number of ether oxygens (including phenoxy) is 2. The van der Waals surface area contributed by atoms with Gasteiger partial charge < -0.3 is 39.9 Å². The van der Waals surface area contributed by atoms with E-state index in [2.05, 4.69) is 40.0 Å². The minimum atomic E-state index is -0.658. The van der Waals surface area contributed by atoms with Crippen LogP contribution in [0.4, 0.5) is 9.59 Å². The number of aromatic nitrogens is 4. The fraction of sp³-hybridized carbons (Fsp3) is 0.400. The van der Waals surface area contributed by atoms with Crippen LogP contribution in [0.25, 0.3) is 33.2 Å². The Balaban J connectivity index is 1.48. The molecule has 0 spiro atoms. The topological polar surface area (TPSA) is 175 Å². The molecule has 0 radical (unpaired) electrons. The van der Waals surface area contributed by atoms with Crippen LogP contribution < -0.4 is 10.6 Å². The van der Waals surface area contributed by atoms with E-state index < -0.39 is 12.2 Å². The third-order valence-electron chi connectivity index (χ3n) is 6.91. The average molecular weight is 607 g/mol. The Labute approximate surface area is 254 Å². The van der Waals surface area contributed by atoms with Gasteiger partial charge in [-0.15, -0.1) is 0 Å². The van der Waals surface area contributed by atoms with Crippen LogP contribution in [0.1, 0.15) is 38.3 Å². The van der Waals surface area contributed by atoms with Crippen LogP contribution in [0.15, 0.2) is 36.4 Å². The minimum Gasteiger partial charge on any atom is -0.453 e. The number of fused-ring (bicyclic) bond motifs is 2. The van der Waals surface area contributed by atoms with Crippen LogP contribution in [0.5, 0.6) is 0 Å². The lowest BCUT2D eigenvalue weighted by Crippen LogP contribution is -2.40. The molecular weight excluding hydrogens is 568 g/mol. The second kappa shape index (κ2) is 14.8. The summed E-state index contributed by atoms with van der Waals surface area (Å²) in [5.41, 5.74) is 5.13. The van der Waals surface area contributed by atoms with Gasteiger partial charge in [-0.3, -0.25) is 9.59 Å². The molecule has 4 rings (SSSR count). The molecule has 44 heavy (non-hydrogen) atoms. The monoisotopic (exact) mass is 606 g/mol. The second-order valence-electron chi connectivity index (χ2n) is 10.2. The molecule has 4 amide bonds. The number of amides is 4. The molecule has 2 aromatic carbocycles. The van der Waals surface area contributed by atoms with Gasteiger partial charge in [0.2, 0.25) is 11.8 Å². The number of methoxy groups -OCH3 is 2. The summed E-state index contributed by atoms with van der Waals surface area (Å²) in [6.07, 6.45) is 0.195. The number of rotatable bonds is 13. The molecule has 0 unspecified atom stereocenters. The first-order valence-electron chi connectivity index (χ1n) is 14.4. The maximum Gasteiger partial charge on any atom is 0.407 e. The number of imidazole rings is 2.